The number of hydrogen-bond donors (Lipinski definition) is 4. The first-order valence-electron chi connectivity index (χ1n) is 13.5. The van der Waals surface area contributed by atoms with Crippen LogP contribution in [0.2, 0.25) is 10.0 Å². The maximum Gasteiger partial charge on any atom is 0.432 e. The molecule has 4 rings (SSSR count). The van der Waals surface area contributed by atoms with E-state index in [0.717, 1.165) is 36.1 Å². The zero-order valence-electron chi connectivity index (χ0n) is 23.6. The number of fused-ring (bicyclic) bond motifs is 1. The number of ether oxygens (including phenoxy) is 1. The molecule has 1 fully saturated rings. The Morgan fingerprint density at radius 2 is 1.93 bits per heavy atom. The molecular weight excluding hydrogens is 583 g/mol. The van der Waals surface area contributed by atoms with Crippen LogP contribution in [0, 0.1) is 0 Å². The topological polar surface area (TPSA) is 138 Å². The number of urea groups is 1. The number of carboxylic acid groups (broad SMARTS) is 1. The third-order valence-corrected chi connectivity index (χ3v) is 7.50. The van der Waals surface area contributed by atoms with Crippen LogP contribution in [-0.4, -0.2) is 62.7 Å². The van der Waals surface area contributed by atoms with Crippen molar-refractivity contribution in [2.45, 2.75) is 57.7 Å². The van der Waals surface area contributed by atoms with Crippen LogP contribution in [0.5, 0.6) is 0 Å². The van der Waals surface area contributed by atoms with Gasteiger partial charge in [0.25, 0.3) is 0 Å². The first kappa shape index (κ1) is 31.1. The monoisotopic (exact) mass is 616 g/mol. The largest absolute Gasteiger partial charge is 0.463 e. The Morgan fingerprint density at radius 1 is 1.17 bits per heavy atom. The number of nitrogens with one attached hydrogen (secondary N) is 3. The van der Waals surface area contributed by atoms with Gasteiger partial charge in [0.2, 0.25) is 0 Å². The second-order valence-corrected chi connectivity index (χ2v) is 11.8. The van der Waals surface area contributed by atoms with Gasteiger partial charge in [-0.2, -0.15) is 4.68 Å². The molecule has 0 saturated carbocycles. The highest BCUT2D eigenvalue weighted by molar-refractivity contribution is 6.42. The van der Waals surface area contributed by atoms with Gasteiger partial charge in [0.1, 0.15) is 5.60 Å². The summed E-state index contributed by atoms with van der Waals surface area (Å²) in [5, 5.41) is 23.2. The number of likely N-dealkylation sites (tertiary alicyclic amines) is 1. The highest BCUT2D eigenvalue weighted by Crippen LogP contribution is 2.34. The van der Waals surface area contributed by atoms with Crippen molar-refractivity contribution in [1.29, 1.82) is 0 Å². The fourth-order valence-electron chi connectivity index (χ4n) is 5.10. The van der Waals surface area contributed by atoms with Crippen LogP contribution < -0.4 is 16.0 Å². The maximum atomic E-state index is 13.6. The lowest BCUT2D eigenvalue weighted by molar-refractivity contribution is 0.0635. The molecule has 1 aromatic heterocycles. The Kier molecular flexibility index (Phi) is 9.65. The number of benzene rings is 2. The molecule has 1 aliphatic rings. The van der Waals surface area contributed by atoms with Gasteiger partial charge in [0, 0.05) is 12.6 Å². The maximum absolute atomic E-state index is 13.6. The predicted octanol–water partition coefficient (Wildman–Crippen LogP) is 7.12. The molecule has 2 atom stereocenters. The Balaban J connectivity index is 1.68. The summed E-state index contributed by atoms with van der Waals surface area (Å²) in [5.41, 5.74) is 0.388. The lowest BCUT2D eigenvalue weighted by Gasteiger charge is -2.40. The van der Waals surface area contributed by atoms with Crippen molar-refractivity contribution in [2.75, 3.05) is 23.7 Å². The SMILES string of the molecule is C=CCN1CCCC[C@H]1[C@@H](NC(=O)Nc1cccc2c1c(NC(=O)OC(C)(C)C)nn2C(=O)O)c1ccc(Cl)c(Cl)c1. The van der Waals surface area contributed by atoms with Gasteiger partial charge < -0.3 is 20.5 Å². The van der Waals surface area contributed by atoms with Gasteiger partial charge in [0.05, 0.1) is 32.7 Å². The van der Waals surface area contributed by atoms with Crippen LogP contribution in [0.15, 0.2) is 49.1 Å². The lowest BCUT2D eigenvalue weighted by Crippen LogP contribution is -2.49. The Bertz CT molecular complexity index is 1500. The molecule has 0 spiro atoms. The van der Waals surface area contributed by atoms with E-state index in [9.17, 15) is 19.5 Å². The van der Waals surface area contributed by atoms with Gasteiger partial charge in [-0.05, 0) is 70.0 Å². The summed E-state index contributed by atoms with van der Waals surface area (Å²) < 4.78 is 6.04. The van der Waals surface area contributed by atoms with Crippen LogP contribution in [-0.2, 0) is 4.74 Å². The predicted molar refractivity (Wildman–Crippen MR) is 164 cm³/mol. The molecule has 3 aromatic rings. The summed E-state index contributed by atoms with van der Waals surface area (Å²) in [7, 11) is 0. The summed E-state index contributed by atoms with van der Waals surface area (Å²) in [5.74, 6) is -0.0805. The zero-order chi connectivity index (χ0) is 30.6. The number of carbonyl (C=O) groups excluding carboxylic acids is 2. The molecule has 0 bridgehead atoms. The second kappa shape index (κ2) is 13.0. The van der Waals surface area contributed by atoms with E-state index in [2.05, 4.69) is 32.5 Å². The van der Waals surface area contributed by atoms with Crippen LogP contribution in [0.1, 0.15) is 51.6 Å². The minimum Gasteiger partial charge on any atom is -0.463 e. The van der Waals surface area contributed by atoms with E-state index >= 15 is 0 Å². The molecule has 42 heavy (non-hydrogen) atoms. The van der Waals surface area contributed by atoms with Crippen LogP contribution >= 0.6 is 23.2 Å². The number of amides is 3. The summed E-state index contributed by atoms with van der Waals surface area (Å²) >= 11 is 12.5. The number of rotatable bonds is 7. The molecule has 0 unspecified atom stereocenters. The number of piperidine rings is 1. The van der Waals surface area contributed by atoms with E-state index in [-0.39, 0.29) is 28.5 Å². The first-order valence-corrected chi connectivity index (χ1v) is 14.3. The van der Waals surface area contributed by atoms with E-state index in [1.54, 1.807) is 45.0 Å². The summed E-state index contributed by atoms with van der Waals surface area (Å²) in [4.78, 5) is 40.3. The highest BCUT2D eigenvalue weighted by atomic mass is 35.5. The van der Waals surface area contributed by atoms with Gasteiger partial charge in [-0.1, -0.05) is 47.8 Å². The average Bonchev–Trinajstić information content (AvgIpc) is 3.28. The second-order valence-electron chi connectivity index (χ2n) is 11.0. The van der Waals surface area contributed by atoms with Gasteiger partial charge in [-0.3, -0.25) is 10.2 Å². The molecule has 2 heterocycles. The number of aromatic nitrogens is 2. The molecule has 1 saturated heterocycles. The number of anilines is 2. The summed E-state index contributed by atoms with van der Waals surface area (Å²) in [6, 6.07) is 8.92. The quantitative estimate of drug-likeness (QED) is 0.207. The van der Waals surface area contributed by atoms with E-state index < -0.39 is 29.9 Å². The van der Waals surface area contributed by atoms with Crippen molar-refractivity contribution < 1.29 is 24.2 Å². The molecule has 0 aliphatic carbocycles. The number of nitrogens with zero attached hydrogens (tertiary/aromatic N) is 3. The first-order chi connectivity index (χ1) is 19.9. The molecule has 2 aromatic carbocycles. The average molecular weight is 618 g/mol. The van der Waals surface area contributed by atoms with Crippen molar-refractivity contribution in [2.24, 2.45) is 0 Å². The Morgan fingerprint density at radius 3 is 2.60 bits per heavy atom. The number of carbonyl (C=O) groups is 3. The smallest absolute Gasteiger partial charge is 0.432 e. The Labute approximate surface area is 253 Å². The minimum absolute atomic E-state index is 0.0466. The van der Waals surface area contributed by atoms with Gasteiger partial charge in [0.15, 0.2) is 5.82 Å². The van der Waals surface area contributed by atoms with Crippen LogP contribution in [0.25, 0.3) is 10.9 Å². The normalized spacial score (nSPS) is 16.5. The molecule has 13 heteroatoms. The zero-order valence-corrected chi connectivity index (χ0v) is 25.1. The van der Waals surface area contributed by atoms with Crippen molar-refractivity contribution in [1.82, 2.24) is 20.0 Å². The van der Waals surface area contributed by atoms with Crippen molar-refractivity contribution >= 4 is 63.8 Å². The van der Waals surface area contributed by atoms with E-state index in [1.807, 2.05) is 12.1 Å². The molecule has 3 amide bonds. The van der Waals surface area contributed by atoms with Gasteiger partial charge in [-0.15, -0.1) is 11.7 Å². The summed E-state index contributed by atoms with van der Waals surface area (Å²) in [6.07, 6.45) is 2.52. The standard InChI is InChI=1S/C29H34Cl2N6O5/c1-5-14-36-15-7-6-10-22(36)24(17-12-13-18(30)19(31)16-17)33-26(38)32-20-9-8-11-21-23(20)25(35-37(21)28(40)41)34-27(39)42-29(2,3)4/h5,8-9,11-13,16,22,24H,1,6-7,10,14-15H2,2-4H3,(H,40,41)(H2,32,33,38)(H,34,35,39)/t22-,24-/m0/s1. The van der Waals surface area contributed by atoms with E-state index in [1.165, 1.54) is 6.07 Å². The van der Waals surface area contributed by atoms with Gasteiger partial charge >= 0.3 is 18.2 Å². The van der Waals surface area contributed by atoms with Crippen molar-refractivity contribution in [3.63, 3.8) is 0 Å². The van der Waals surface area contributed by atoms with Gasteiger partial charge in [-0.25, -0.2) is 14.4 Å². The minimum atomic E-state index is -1.36. The third kappa shape index (κ3) is 7.33. The van der Waals surface area contributed by atoms with E-state index in [4.69, 9.17) is 27.9 Å². The fraction of sp³-hybridized carbons (Fsp3) is 0.379. The Hall–Kier alpha value is -3.80. The lowest BCUT2D eigenvalue weighted by atomic mass is 9.90. The molecule has 4 N–H and O–H groups in total. The van der Waals surface area contributed by atoms with Crippen LogP contribution in [0.4, 0.5) is 25.9 Å². The molecular formula is C29H34Cl2N6O5. The van der Waals surface area contributed by atoms with Crippen LogP contribution in [0.3, 0.4) is 0 Å². The molecule has 224 valence electrons. The fourth-order valence-corrected chi connectivity index (χ4v) is 5.41. The molecule has 1 aliphatic heterocycles. The number of hydrogen-bond acceptors (Lipinski definition) is 6. The van der Waals surface area contributed by atoms with Crippen molar-refractivity contribution in [3.8, 4) is 0 Å². The molecule has 11 nitrogen and oxygen atoms in total. The molecule has 0 radical (unpaired) electrons. The third-order valence-electron chi connectivity index (χ3n) is 6.76. The highest BCUT2D eigenvalue weighted by Gasteiger charge is 2.32. The number of halogens is 2. The van der Waals surface area contributed by atoms with E-state index in [0.29, 0.717) is 16.6 Å². The summed E-state index contributed by atoms with van der Waals surface area (Å²) in [6.45, 7) is 10.5. The van der Waals surface area contributed by atoms with Crippen molar-refractivity contribution in [3.05, 3.63) is 64.7 Å².